The number of hydrogen-bond acceptors (Lipinski definition) is 2. The molecule has 21 heavy (non-hydrogen) atoms. The van der Waals surface area contributed by atoms with Crippen LogP contribution in [0.15, 0.2) is 0 Å². The van der Waals surface area contributed by atoms with Gasteiger partial charge in [-0.1, -0.05) is 84.5 Å². The Kier molecular flexibility index (Phi) is 24.5. The first kappa shape index (κ1) is 23.2. The molecule has 0 fully saturated rings. The summed E-state index contributed by atoms with van der Waals surface area (Å²) in [7, 11) is 6.00. The highest BCUT2D eigenvalue weighted by Crippen LogP contribution is 2.11. The van der Waals surface area contributed by atoms with Crippen molar-refractivity contribution in [2.45, 2.75) is 90.9 Å². The van der Waals surface area contributed by atoms with Gasteiger partial charge in [0.25, 0.3) is 0 Å². The molecule has 2 heteroatoms. The van der Waals surface area contributed by atoms with Crippen molar-refractivity contribution < 1.29 is 0 Å². The van der Waals surface area contributed by atoms with Gasteiger partial charge in [-0.2, -0.15) is 0 Å². The van der Waals surface area contributed by atoms with Crippen molar-refractivity contribution in [3.05, 3.63) is 0 Å². The molecule has 0 unspecified atom stereocenters. The molecular weight excluding hydrogens is 256 g/mol. The molecule has 0 aliphatic carbocycles. The van der Waals surface area contributed by atoms with Crippen LogP contribution in [0.25, 0.3) is 0 Å². The molecule has 130 valence electrons. The second-order valence-corrected chi connectivity index (χ2v) is 6.58. The minimum absolute atomic E-state index is 1.12. The average molecular weight is 301 g/mol. The Morgan fingerprint density at radius 2 is 0.905 bits per heavy atom. The minimum Gasteiger partial charge on any atom is -0.317 e. The normalized spacial score (nSPS) is 10.6. The van der Waals surface area contributed by atoms with Gasteiger partial charge in [-0.05, 0) is 40.7 Å². The molecule has 0 heterocycles. The van der Waals surface area contributed by atoms with Crippen molar-refractivity contribution in [3.63, 3.8) is 0 Å². The zero-order valence-corrected chi connectivity index (χ0v) is 15.8. The van der Waals surface area contributed by atoms with E-state index in [1.165, 1.54) is 83.6 Å². The summed E-state index contributed by atoms with van der Waals surface area (Å²) in [6, 6.07) is 0. The lowest BCUT2D eigenvalue weighted by molar-refractivity contribution is 0.505. The molecule has 0 rings (SSSR count). The maximum atomic E-state index is 3.38. The second kappa shape index (κ2) is 22.2. The summed E-state index contributed by atoms with van der Waals surface area (Å²) in [6.45, 7) is 6.81. The summed E-state index contributed by atoms with van der Waals surface area (Å²) in [6.07, 6.45) is 17.3. The molecule has 0 aliphatic rings. The fourth-order valence-corrected chi connectivity index (χ4v) is 2.27. The lowest BCUT2D eigenvalue weighted by Crippen LogP contribution is -2.13. The number of unbranched alkanes of at least 4 members (excludes halogenated alkanes) is 11. The molecule has 2 nitrogen and oxygen atoms in total. The molecule has 0 aromatic rings. The van der Waals surface area contributed by atoms with Gasteiger partial charge in [0.2, 0.25) is 0 Å². The van der Waals surface area contributed by atoms with Gasteiger partial charge in [0.1, 0.15) is 0 Å². The minimum atomic E-state index is 1.12. The van der Waals surface area contributed by atoms with Crippen molar-refractivity contribution in [2.24, 2.45) is 0 Å². The Morgan fingerprint density at radius 1 is 0.571 bits per heavy atom. The maximum absolute atomic E-state index is 3.38. The highest BCUT2D eigenvalue weighted by atomic mass is 15.0. The van der Waals surface area contributed by atoms with Crippen LogP contribution >= 0.6 is 0 Å². The SMILES string of the molecule is CCCCCCCCCCCCCCNCC.CN(C)C. The summed E-state index contributed by atoms with van der Waals surface area (Å²) < 4.78 is 0. The number of hydrogen-bond donors (Lipinski definition) is 1. The quantitative estimate of drug-likeness (QED) is 0.428. The largest absolute Gasteiger partial charge is 0.317 e. The van der Waals surface area contributed by atoms with Crippen molar-refractivity contribution in [2.75, 3.05) is 34.2 Å². The zero-order valence-electron chi connectivity index (χ0n) is 15.8. The smallest absolute Gasteiger partial charge is 0.00490 e. The molecule has 0 saturated carbocycles. The van der Waals surface area contributed by atoms with E-state index in [9.17, 15) is 0 Å². The number of nitrogens with zero attached hydrogens (tertiary/aromatic N) is 1. The van der Waals surface area contributed by atoms with Crippen LogP contribution in [-0.2, 0) is 0 Å². The Hall–Kier alpha value is -0.0800. The Bertz CT molecular complexity index is 141. The average Bonchev–Trinajstić information content (AvgIpc) is 2.43. The summed E-state index contributed by atoms with van der Waals surface area (Å²) >= 11 is 0. The Labute approximate surface area is 136 Å². The summed E-state index contributed by atoms with van der Waals surface area (Å²) in [5.74, 6) is 0. The van der Waals surface area contributed by atoms with E-state index in [4.69, 9.17) is 0 Å². The van der Waals surface area contributed by atoms with Gasteiger partial charge in [0, 0.05) is 0 Å². The van der Waals surface area contributed by atoms with Gasteiger partial charge in [-0.25, -0.2) is 0 Å². The van der Waals surface area contributed by atoms with Crippen molar-refractivity contribution in [1.82, 2.24) is 10.2 Å². The van der Waals surface area contributed by atoms with Gasteiger partial charge < -0.3 is 10.2 Å². The van der Waals surface area contributed by atoms with Crippen LogP contribution in [0.5, 0.6) is 0 Å². The molecular formula is C19H44N2. The topological polar surface area (TPSA) is 15.3 Å². The monoisotopic (exact) mass is 300 g/mol. The number of nitrogens with one attached hydrogen (secondary N) is 1. The summed E-state index contributed by atoms with van der Waals surface area (Å²) in [5, 5.41) is 3.38. The second-order valence-electron chi connectivity index (χ2n) is 6.58. The fraction of sp³-hybridized carbons (Fsp3) is 1.00. The van der Waals surface area contributed by atoms with Gasteiger partial charge in [0.05, 0.1) is 0 Å². The maximum Gasteiger partial charge on any atom is -0.00490 e. The molecule has 0 aliphatic heterocycles. The van der Waals surface area contributed by atoms with Gasteiger partial charge in [-0.15, -0.1) is 0 Å². The van der Waals surface area contributed by atoms with Crippen LogP contribution < -0.4 is 5.32 Å². The fourth-order valence-electron chi connectivity index (χ4n) is 2.27. The van der Waals surface area contributed by atoms with E-state index < -0.39 is 0 Å². The van der Waals surface area contributed by atoms with E-state index in [2.05, 4.69) is 19.2 Å². The third-order valence-corrected chi connectivity index (χ3v) is 3.46. The third-order valence-electron chi connectivity index (χ3n) is 3.46. The molecule has 0 atom stereocenters. The number of rotatable bonds is 14. The van der Waals surface area contributed by atoms with Gasteiger partial charge in [0.15, 0.2) is 0 Å². The lowest BCUT2D eigenvalue weighted by atomic mass is 10.1. The third kappa shape index (κ3) is 33.0. The van der Waals surface area contributed by atoms with Crippen LogP contribution in [0.1, 0.15) is 90.9 Å². The first-order chi connectivity index (χ1) is 10.1. The molecule has 0 spiro atoms. The van der Waals surface area contributed by atoms with Crippen molar-refractivity contribution in [3.8, 4) is 0 Å². The van der Waals surface area contributed by atoms with E-state index >= 15 is 0 Å². The molecule has 0 aromatic carbocycles. The highest BCUT2D eigenvalue weighted by Gasteiger charge is 1.93. The Balaban J connectivity index is 0. The van der Waals surface area contributed by atoms with Gasteiger partial charge in [-0.3, -0.25) is 0 Å². The molecule has 0 amide bonds. The van der Waals surface area contributed by atoms with Crippen LogP contribution in [0.4, 0.5) is 0 Å². The first-order valence-corrected chi connectivity index (χ1v) is 9.46. The van der Waals surface area contributed by atoms with Crippen LogP contribution in [0.2, 0.25) is 0 Å². The molecule has 0 bridgehead atoms. The van der Waals surface area contributed by atoms with E-state index in [0.29, 0.717) is 0 Å². The first-order valence-electron chi connectivity index (χ1n) is 9.46. The van der Waals surface area contributed by atoms with E-state index in [0.717, 1.165) is 6.54 Å². The summed E-state index contributed by atoms with van der Waals surface area (Å²) in [4.78, 5) is 2.00. The zero-order chi connectivity index (χ0) is 16.2. The van der Waals surface area contributed by atoms with E-state index in [1.807, 2.05) is 26.0 Å². The molecule has 0 radical (unpaired) electrons. The predicted octanol–water partition coefficient (Wildman–Crippen LogP) is 5.47. The van der Waals surface area contributed by atoms with E-state index in [-0.39, 0.29) is 0 Å². The van der Waals surface area contributed by atoms with Crippen LogP contribution in [-0.4, -0.2) is 39.1 Å². The standard InChI is InChI=1S/C16H35N.C3H9N/c1-3-5-6-7-8-9-10-11-12-13-14-15-16-17-4-2;1-4(2)3/h17H,3-16H2,1-2H3;1-3H3. The van der Waals surface area contributed by atoms with Crippen molar-refractivity contribution >= 4 is 0 Å². The lowest BCUT2D eigenvalue weighted by Gasteiger charge is -2.03. The van der Waals surface area contributed by atoms with Crippen LogP contribution in [0.3, 0.4) is 0 Å². The van der Waals surface area contributed by atoms with Crippen LogP contribution in [0, 0.1) is 0 Å². The van der Waals surface area contributed by atoms with Gasteiger partial charge >= 0.3 is 0 Å². The van der Waals surface area contributed by atoms with E-state index in [1.54, 1.807) is 0 Å². The van der Waals surface area contributed by atoms with Crippen molar-refractivity contribution in [1.29, 1.82) is 0 Å². The molecule has 1 N–H and O–H groups in total. The highest BCUT2D eigenvalue weighted by molar-refractivity contribution is 4.49. The predicted molar refractivity (Wildman–Crippen MR) is 99.2 cm³/mol. The molecule has 0 aromatic heterocycles. The molecule has 0 saturated heterocycles. The Morgan fingerprint density at radius 3 is 1.24 bits per heavy atom. The summed E-state index contributed by atoms with van der Waals surface area (Å²) in [5.41, 5.74) is 0.